The molecule has 1 N–H and O–H groups in total. The highest BCUT2D eigenvalue weighted by atomic mass is 16.6. The van der Waals surface area contributed by atoms with E-state index in [1.807, 2.05) is 0 Å². The molecule has 1 heterocycles. The highest BCUT2D eigenvalue weighted by molar-refractivity contribution is 5.94. The molecule has 190 valence electrons. The monoisotopic (exact) mass is 495 g/mol. The standard InChI is InChI=1S/C26H29N3O7/c1-26(2,3)36-25(33)28(4)16-20(22-27-14-15-29(22)24(31)32)17-10-12-18(13-11-17)35-23(30)19-8-6-7-9-21(19)34-5/h6-15,20H,16H2,1-5H3,(H,31,32). The molecular weight excluding hydrogens is 466 g/mol. The Morgan fingerprint density at radius 3 is 2.36 bits per heavy atom. The van der Waals surface area contributed by atoms with Gasteiger partial charge < -0.3 is 24.2 Å². The molecule has 0 spiro atoms. The van der Waals surface area contributed by atoms with Crippen LogP contribution in [0.2, 0.25) is 0 Å². The first-order valence-corrected chi connectivity index (χ1v) is 11.2. The summed E-state index contributed by atoms with van der Waals surface area (Å²) in [4.78, 5) is 42.5. The third kappa shape index (κ3) is 6.41. The molecule has 10 heteroatoms. The molecule has 0 fully saturated rings. The maximum atomic E-state index is 12.6. The summed E-state index contributed by atoms with van der Waals surface area (Å²) in [6.07, 6.45) is 0.965. The Bertz CT molecular complexity index is 1230. The lowest BCUT2D eigenvalue weighted by Gasteiger charge is -2.27. The molecule has 0 aliphatic heterocycles. The zero-order chi connectivity index (χ0) is 26.5. The van der Waals surface area contributed by atoms with Crippen LogP contribution in [-0.2, 0) is 4.74 Å². The van der Waals surface area contributed by atoms with E-state index in [1.54, 1.807) is 76.3 Å². The minimum Gasteiger partial charge on any atom is -0.496 e. The van der Waals surface area contributed by atoms with E-state index >= 15 is 0 Å². The molecule has 1 aromatic heterocycles. The molecule has 10 nitrogen and oxygen atoms in total. The number of carbonyl (C=O) groups is 3. The van der Waals surface area contributed by atoms with Gasteiger partial charge >= 0.3 is 18.2 Å². The van der Waals surface area contributed by atoms with Crippen LogP contribution in [0.3, 0.4) is 0 Å². The first-order valence-electron chi connectivity index (χ1n) is 11.2. The number of amides is 1. The van der Waals surface area contributed by atoms with Crippen LogP contribution < -0.4 is 9.47 Å². The number of imidazole rings is 1. The Morgan fingerprint density at radius 1 is 1.08 bits per heavy atom. The molecule has 0 bridgehead atoms. The number of benzene rings is 2. The van der Waals surface area contributed by atoms with E-state index in [-0.39, 0.29) is 23.7 Å². The zero-order valence-corrected chi connectivity index (χ0v) is 20.8. The van der Waals surface area contributed by atoms with E-state index in [4.69, 9.17) is 14.2 Å². The average molecular weight is 496 g/mol. The van der Waals surface area contributed by atoms with Crippen LogP contribution >= 0.6 is 0 Å². The minimum atomic E-state index is -1.20. The number of carboxylic acid groups (broad SMARTS) is 1. The fourth-order valence-electron chi connectivity index (χ4n) is 3.50. The highest BCUT2D eigenvalue weighted by Crippen LogP contribution is 2.28. The van der Waals surface area contributed by atoms with Crippen molar-refractivity contribution in [3.8, 4) is 11.5 Å². The molecule has 0 saturated carbocycles. The number of aromatic nitrogens is 2. The van der Waals surface area contributed by atoms with E-state index in [0.29, 0.717) is 11.3 Å². The molecule has 0 aliphatic carbocycles. The third-order valence-corrected chi connectivity index (χ3v) is 5.17. The van der Waals surface area contributed by atoms with Crippen molar-refractivity contribution in [2.45, 2.75) is 32.3 Å². The Labute approximate surface area is 209 Å². The predicted molar refractivity (Wildman–Crippen MR) is 131 cm³/mol. The summed E-state index contributed by atoms with van der Waals surface area (Å²) in [6, 6.07) is 13.3. The molecule has 1 unspecified atom stereocenters. The number of likely N-dealkylation sites (N-methyl/N-ethyl adjacent to an activating group) is 1. The number of hydrogen-bond acceptors (Lipinski definition) is 7. The van der Waals surface area contributed by atoms with Crippen molar-refractivity contribution in [1.29, 1.82) is 0 Å². The van der Waals surface area contributed by atoms with Crippen molar-refractivity contribution in [1.82, 2.24) is 14.5 Å². The summed E-state index contributed by atoms with van der Waals surface area (Å²) in [7, 11) is 3.04. The number of nitrogens with zero attached hydrogens (tertiary/aromatic N) is 3. The Balaban J connectivity index is 1.87. The van der Waals surface area contributed by atoms with Crippen LogP contribution in [0.1, 0.15) is 48.4 Å². The average Bonchev–Trinajstić information content (AvgIpc) is 3.32. The van der Waals surface area contributed by atoms with Gasteiger partial charge in [0, 0.05) is 26.0 Å². The van der Waals surface area contributed by atoms with Gasteiger partial charge in [-0.15, -0.1) is 0 Å². The fourth-order valence-corrected chi connectivity index (χ4v) is 3.50. The lowest BCUT2D eigenvalue weighted by molar-refractivity contribution is 0.0292. The van der Waals surface area contributed by atoms with E-state index in [9.17, 15) is 19.5 Å². The maximum Gasteiger partial charge on any atom is 0.417 e. The molecule has 3 aromatic rings. The summed E-state index contributed by atoms with van der Waals surface area (Å²) in [6.45, 7) is 5.38. The minimum absolute atomic E-state index is 0.0968. The second-order valence-electron chi connectivity index (χ2n) is 9.01. The molecule has 3 rings (SSSR count). The number of rotatable bonds is 7. The Morgan fingerprint density at radius 2 is 1.75 bits per heavy atom. The second kappa shape index (κ2) is 10.9. The quantitative estimate of drug-likeness (QED) is 0.372. The van der Waals surface area contributed by atoms with Crippen LogP contribution in [0.4, 0.5) is 9.59 Å². The number of carbonyl (C=O) groups excluding carboxylic acids is 2. The first kappa shape index (κ1) is 26.3. The van der Waals surface area contributed by atoms with Crippen molar-refractivity contribution in [3.05, 3.63) is 77.9 Å². The van der Waals surface area contributed by atoms with Gasteiger partial charge in [0.2, 0.25) is 0 Å². The summed E-state index contributed by atoms with van der Waals surface area (Å²) in [5.41, 5.74) is 0.258. The molecular formula is C26H29N3O7. The van der Waals surface area contributed by atoms with Gasteiger partial charge in [-0.1, -0.05) is 24.3 Å². The van der Waals surface area contributed by atoms with Crippen molar-refractivity contribution in [2.24, 2.45) is 0 Å². The molecule has 1 atom stereocenters. The van der Waals surface area contributed by atoms with E-state index in [0.717, 1.165) is 4.57 Å². The van der Waals surface area contributed by atoms with Crippen molar-refractivity contribution in [2.75, 3.05) is 20.7 Å². The SMILES string of the molecule is COc1ccccc1C(=O)Oc1ccc(C(CN(C)C(=O)OC(C)(C)C)c2nccn2C(=O)O)cc1. The van der Waals surface area contributed by atoms with Gasteiger partial charge in [0.05, 0.1) is 13.0 Å². The van der Waals surface area contributed by atoms with Crippen LogP contribution in [-0.4, -0.2) is 64.0 Å². The van der Waals surface area contributed by atoms with Gasteiger partial charge in [0.25, 0.3) is 0 Å². The number of hydrogen-bond donors (Lipinski definition) is 1. The van der Waals surface area contributed by atoms with Crippen LogP contribution in [0.5, 0.6) is 11.5 Å². The predicted octanol–water partition coefficient (Wildman–Crippen LogP) is 4.64. The molecule has 0 saturated heterocycles. The van der Waals surface area contributed by atoms with E-state index < -0.39 is 29.7 Å². The normalized spacial score (nSPS) is 11.9. The Kier molecular flexibility index (Phi) is 7.98. The summed E-state index contributed by atoms with van der Waals surface area (Å²) >= 11 is 0. The molecule has 0 radical (unpaired) electrons. The van der Waals surface area contributed by atoms with Gasteiger partial charge in [-0.2, -0.15) is 0 Å². The van der Waals surface area contributed by atoms with Crippen LogP contribution in [0, 0.1) is 0 Å². The molecule has 36 heavy (non-hydrogen) atoms. The first-order chi connectivity index (χ1) is 17.0. The van der Waals surface area contributed by atoms with E-state index in [1.165, 1.54) is 24.4 Å². The molecule has 1 amide bonds. The van der Waals surface area contributed by atoms with Crippen molar-refractivity contribution < 1.29 is 33.7 Å². The van der Waals surface area contributed by atoms with Gasteiger partial charge in [0.15, 0.2) is 0 Å². The van der Waals surface area contributed by atoms with Crippen LogP contribution in [0.15, 0.2) is 60.9 Å². The largest absolute Gasteiger partial charge is 0.496 e. The van der Waals surface area contributed by atoms with Crippen molar-refractivity contribution >= 4 is 18.2 Å². The molecule has 2 aromatic carbocycles. The second-order valence-corrected chi connectivity index (χ2v) is 9.01. The number of esters is 1. The topological polar surface area (TPSA) is 120 Å². The highest BCUT2D eigenvalue weighted by Gasteiger charge is 2.27. The van der Waals surface area contributed by atoms with Gasteiger partial charge in [-0.3, -0.25) is 0 Å². The maximum absolute atomic E-state index is 12.6. The summed E-state index contributed by atoms with van der Waals surface area (Å²) < 4.78 is 17.1. The fraction of sp³-hybridized carbons (Fsp3) is 0.308. The van der Waals surface area contributed by atoms with Crippen LogP contribution in [0.25, 0.3) is 0 Å². The van der Waals surface area contributed by atoms with Gasteiger partial charge in [-0.05, 0) is 50.6 Å². The van der Waals surface area contributed by atoms with E-state index in [2.05, 4.69) is 4.98 Å². The smallest absolute Gasteiger partial charge is 0.417 e. The summed E-state index contributed by atoms with van der Waals surface area (Å²) in [5, 5.41) is 9.59. The number of ether oxygens (including phenoxy) is 3. The third-order valence-electron chi connectivity index (χ3n) is 5.17. The zero-order valence-electron chi connectivity index (χ0n) is 20.8. The van der Waals surface area contributed by atoms with Gasteiger partial charge in [-0.25, -0.2) is 23.9 Å². The Hall–Kier alpha value is -4.34. The molecule has 0 aliphatic rings. The summed E-state index contributed by atoms with van der Waals surface area (Å²) in [5.74, 6) is -0.271. The lowest BCUT2D eigenvalue weighted by Crippen LogP contribution is -2.37. The number of methoxy groups -OCH3 is 1. The van der Waals surface area contributed by atoms with Gasteiger partial charge in [0.1, 0.15) is 28.5 Å². The lowest BCUT2D eigenvalue weighted by atomic mass is 9.97. The number of para-hydroxylation sites is 1. The van der Waals surface area contributed by atoms with Crippen molar-refractivity contribution in [3.63, 3.8) is 0 Å².